The van der Waals surface area contributed by atoms with Crippen LogP contribution in [0.1, 0.15) is 19.9 Å². The van der Waals surface area contributed by atoms with Gasteiger partial charge in [0, 0.05) is 34.3 Å². The fourth-order valence-electron chi connectivity index (χ4n) is 3.41. The number of rotatable bonds is 4. The first-order valence-corrected chi connectivity index (χ1v) is 9.48. The average Bonchev–Trinajstić information content (AvgIpc) is 3.33. The molecule has 28 heavy (non-hydrogen) atoms. The second kappa shape index (κ2) is 6.75. The zero-order chi connectivity index (χ0) is 20.0. The van der Waals surface area contributed by atoms with Crippen LogP contribution in [0.5, 0.6) is 0 Å². The Balaban J connectivity index is 0.00000160. The number of benzene rings is 1. The fraction of sp³-hybridized carbons (Fsp3) is 0.263. The lowest BCUT2D eigenvalue weighted by molar-refractivity contribution is -0.120. The van der Waals surface area contributed by atoms with Crippen LogP contribution >= 0.6 is 11.5 Å². The first-order valence-electron chi connectivity index (χ1n) is 8.71. The van der Waals surface area contributed by atoms with Crippen molar-refractivity contribution in [3.63, 3.8) is 0 Å². The smallest absolute Gasteiger partial charge is 0.326 e. The van der Waals surface area contributed by atoms with Crippen LogP contribution in [0.15, 0.2) is 27.6 Å². The summed E-state index contributed by atoms with van der Waals surface area (Å²) in [6.45, 7) is 3.80. The maximum atomic E-state index is 12.3. The molecule has 0 radical (unpaired) electrons. The van der Waals surface area contributed by atoms with Gasteiger partial charge in [0.15, 0.2) is 0 Å². The summed E-state index contributed by atoms with van der Waals surface area (Å²) >= 11 is 1.38. The van der Waals surface area contributed by atoms with Gasteiger partial charge in [-0.15, -0.1) is 0 Å². The number of fused-ring (bicyclic) bond motifs is 1. The van der Waals surface area contributed by atoms with E-state index >= 15 is 0 Å². The van der Waals surface area contributed by atoms with Crippen molar-refractivity contribution >= 4 is 28.5 Å². The third-order valence-electron chi connectivity index (χ3n) is 4.81. The summed E-state index contributed by atoms with van der Waals surface area (Å²) < 4.78 is 11.3. The van der Waals surface area contributed by atoms with Crippen LogP contribution in [0.2, 0.25) is 0 Å². The first kappa shape index (κ1) is 18.2. The van der Waals surface area contributed by atoms with E-state index in [1.165, 1.54) is 11.5 Å². The minimum atomic E-state index is -0.191. The molecule has 4 aromatic rings. The molecule has 3 heterocycles. The number of nitrogens with zero attached hydrogens (tertiary/aromatic N) is 3. The Labute approximate surface area is 167 Å². The highest BCUT2D eigenvalue weighted by atomic mass is 32.1. The minimum absolute atomic E-state index is 0. The number of hydrogen-bond acceptors (Lipinski definition) is 6. The van der Waals surface area contributed by atoms with Crippen LogP contribution in [0, 0.1) is 13.8 Å². The van der Waals surface area contributed by atoms with E-state index in [0.717, 1.165) is 32.6 Å². The monoisotopic (exact) mass is 401 g/mol. The molecule has 0 spiro atoms. The number of aryl methyl sites for hydroxylation is 3. The summed E-state index contributed by atoms with van der Waals surface area (Å²) in [5, 5.41) is 6.68. The Morgan fingerprint density at radius 3 is 2.86 bits per heavy atom. The van der Waals surface area contributed by atoms with E-state index in [1.54, 1.807) is 18.7 Å². The molecule has 0 unspecified atom stereocenters. The molecule has 1 amide bonds. The van der Waals surface area contributed by atoms with Crippen molar-refractivity contribution in [1.29, 1.82) is 0 Å². The summed E-state index contributed by atoms with van der Waals surface area (Å²) in [4.78, 5) is 28.0. The number of aromatic amines is 1. The van der Waals surface area contributed by atoms with Gasteiger partial charge in [-0.1, -0.05) is 5.16 Å². The van der Waals surface area contributed by atoms with Crippen LogP contribution in [0.4, 0.5) is 0 Å². The molecule has 0 aliphatic heterocycles. The standard InChI is InChI=1S/C19H19N5O3S.2H2/c1-9-8-21-28-18(9)12-5-11(6-14-17(12)24(4)19(26)22-14)16-10(2)27-23-13(16)7-15(25)20-3;;/h5-6,8H,7H2,1-4H3,(H,20,25)(H,22,26);2*1H. The topological polar surface area (TPSA) is 106 Å². The normalized spacial score (nSPS) is 11.3. The number of carbonyl (C=O) groups excluding carboxylic acids is 1. The molecule has 3 aromatic heterocycles. The fourth-order valence-corrected chi connectivity index (χ4v) is 4.18. The molecule has 0 bridgehead atoms. The SMILES string of the molecule is CNC(=O)Cc1noc(C)c1-c1cc(-c2sncc2C)c2c(c1)[nH]c(=O)n2C.[HH].[HH]. The van der Waals surface area contributed by atoms with Crippen molar-refractivity contribution in [2.75, 3.05) is 7.05 Å². The van der Waals surface area contributed by atoms with E-state index in [1.807, 2.05) is 32.2 Å². The predicted octanol–water partition coefficient (Wildman–Crippen LogP) is 3.04. The van der Waals surface area contributed by atoms with Gasteiger partial charge in [-0.25, -0.2) is 9.17 Å². The molecule has 2 N–H and O–H groups in total. The molecule has 0 fully saturated rings. The third-order valence-corrected chi connectivity index (χ3v) is 5.75. The number of aromatic nitrogens is 4. The molecular weight excluding hydrogens is 378 g/mol. The third kappa shape index (κ3) is 2.84. The lowest BCUT2D eigenvalue weighted by Gasteiger charge is -2.09. The van der Waals surface area contributed by atoms with Crippen LogP contribution in [-0.2, 0) is 18.3 Å². The highest BCUT2D eigenvalue weighted by molar-refractivity contribution is 7.09. The average molecular weight is 401 g/mol. The van der Waals surface area contributed by atoms with E-state index in [9.17, 15) is 9.59 Å². The number of likely N-dealkylation sites (N-methyl/N-ethyl adjacent to an activating group) is 1. The Morgan fingerprint density at radius 2 is 2.18 bits per heavy atom. The van der Waals surface area contributed by atoms with Gasteiger partial charge in [0.05, 0.1) is 22.3 Å². The maximum absolute atomic E-state index is 12.3. The first-order chi connectivity index (χ1) is 13.4. The molecule has 9 heteroatoms. The Morgan fingerprint density at radius 1 is 1.39 bits per heavy atom. The van der Waals surface area contributed by atoms with E-state index in [0.29, 0.717) is 17.0 Å². The summed E-state index contributed by atoms with van der Waals surface area (Å²) in [5.41, 5.74) is 5.41. The summed E-state index contributed by atoms with van der Waals surface area (Å²) in [6.07, 6.45) is 1.92. The number of H-pyrrole nitrogens is 1. The van der Waals surface area contributed by atoms with Gasteiger partial charge < -0.3 is 14.8 Å². The second-order valence-corrected chi connectivity index (χ2v) is 7.46. The number of amides is 1. The quantitative estimate of drug-likeness (QED) is 0.547. The predicted molar refractivity (Wildman–Crippen MR) is 112 cm³/mol. The van der Waals surface area contributed by atoms with Gasteiger partial charge in [-0.05, 0) is 48.6 Å². The Bertz CT molecular complexity index is 1270. The van der Waals surface area contributed by atoms with Crippen molar-refractivity contribution in [2.45, 2.75) is 20.3 Å². The summed E-state index contributed by atoms with van der Waals surface area (Å²) in [6, 6.07) is 3.90. The Hall–Kier alpha value is -3.20. The van der Waals surface area contributed by atoms with E-state index < -0.39 is 0 Å². The van der Waals surface area contributed by atoms with Crippen molar-refractivity contribution in [3.8, 4) is 21.6 Å². The molecule has 0 atom stereocenters. The van der Waals surface area contributed by atoms with Crippen LogP contribution in [-0.4, -0.2) is 32.0 Å². The largest absolute Gasteiger partial charge is 0.361 e. The zero-order valence-electron chi connectivity index (χ0n) is 15.9. The number of imidazole rings is 1. The van der Waals surface area contributed by atoms with Gasteiger partial charge in [0.1, 0.15) is 11.5 Å². The molecule has 148 valence electrons. The van der Waals surface area contributed by atoms with Gasteiger partial charge >= 0.3 is 5.69 Å². The minimum Gasteiger partial charge on any atom is -0.361 e. The van der Waals surface area contributed by atoms with Crippen LogP contribution in [0.3, 0.4) is 0 Å². The van der Waals surface area contributed by atoms with E-state index in [4.69, 9.17) is 4.52 Å². The number of hydrogen-bond donors (Lipinski definition) is 2. The van der Waals surface area contributed by atoms with Crippen LogP contribution in [0.25, 0.3) is 32.6 Å². The molecule has 4 rings (SSSR count). The molecule has 0 aliphatic carbocycles. The maximum Gasteiger partial charge on any atom is 0.326 e. The highest BCUT2D eigenvalue weighted by Gasteiger charge is 2.21. The van der Waals surface area contributed by atoms with Gasteiger partial charge in [-0.2, -0.15) is 0 Å². The molecule has 1 aromatic carbocycles. The van der Waals surface area contributed by atoms with Crippen molar-refractivity contribution in [3.05, 3.63) is 45.8 Å². The Kier molecular flexibility index (Phi) is 4.38. The van der Waals surface area contributed by atoms with E-state index in [-0.39, 0.29) is 20.9 Å². The van der Waals surface area contributed by atoms with Crippen molar-refractivity contribution in [2.24, 2.45) is 7.05 Å². The summed E-state index contributed by atoms with van der Waals surface area (Å²) in [7, 11) is 3.32. The zero-order valence-corrected chi connectivity index (χ0v) is 16.7. The van der Waals surface area contributed by atoms with Crippen molar-refractivity contribution < 1.29 is 12.2 Å². The van der Waals surface area contributed by atoms with Gasteiger partial charge in [-0.3, -0.25) is 9.36 Å². The number of nitrogens with one attached hydrogen (secondary N) is 2. The lowest BCUT2D eigenvalue weighted by Crippen LogP contribution is -2.20. The van der Waals surface area contributed by atoms with E-state index in [2.05, 4.69) is 19.8 Å². The summed E-state index contributed by atoms with van der Waals surface area (Å²) in [5.74, 6) is 0.464. The second-order valence-electron chi connectivity index (χ2n) is 6.66. The molecular formula is C19H23N5O3S. The molecule has 0 saturated heterocycles. The van der Waals surface area contributed by atoms with Crippen LogP contribution < -0.4 is 11.0 Å². The molecule has 0 aliphatic rings. The van der Waals surface area contributed by atoms with Gasteiger partial charge in [0.25, 0.3) is 0 Å². The molecule has 0 saturated carbocycles. The lowest BCUT2D eigenvalue weighted by atomic mass is 9.97. The molecule has 8 nitrogen and oxygen atoms in total. The number of carbonyl (C=O) groups is 1. The van der Waals surface area contributed by atoms with Gasteiger partial charge in [0.2, 0.25) is 5.91 Å². The highest BCUT2D eigenvalue weighted by Crippen LogP contribution is 2.38. The van der Waals surface area contributed by atoms with Crippen molar-refractivity contribution in [1.82, 2.24) is 24.4 Å².